The van der Waals surface area contributed by atoms with E-state index in [0.717, 1.165) is 5.69 Å². The molecule has 0 aliphatic rings. The number of hydrogen-bond acceptors (Lipinski definition) is 6. The van der Waals surface area contributed by atoms with Crippen LogP contribution in [0.2, 0.25) is 0 Å². The van der Waals surface area contributed by atoms with Crippen LogP contribution in [0.25, 0.3) is 4.96 Å². The van der Waals surface area contributed by atoms with Gasteiger partial charge in [-0.05, 0) is 6.92 Å². The molecule has 0 radical (unpaired) electrons. The van der Waals surface area contributed by atoms with Crippen LogP contribution in [0.1, 0.15) is 21.9 Å². The molecular formula is C13H12N4O3S. The summed E-state index contributed by atoms with van der Waals surface area (Å²) in [5, 5.41) is 8.07. The maximum absolute atomic E-state index is 12.0. The Hall–Kier alpha value is -2.48. The maximum Gasteiger partial charge on any atom is 0.289 e. The predicted octanol–water partition coefficient (Wildman–Crippen LogP) is 1.02. The molecule has 7 nitrogen and oxygen atoms in total. The van der Waals surface area contributed by atoms with Crippen molar-refractivity contribution in [1.82, 2.24) is 19.9 Å². The molecule has 3 aromatic heterocycles. The molecule has 0 saturated carbocycles. The number of nitrogens with one attached hydrogen (secondary N) is 1. The Balaban J connectivity index is 1.71. The molecule has 3 rings (SSSR count). The number of nitrogens with zero attached hydrogens (tertiary/aromatic N) is 3. The lowest BCUT2D eigenvalue weighted by Gasteiger charge is -2.03. The second-order valence-electron chi connectivity index (χ2n) is 4.46. The smallest absolute Gasteiger partial charge is 0.289 e. The number of amides is 1. The van der Waals surface area contributed by atoms with Gasteiger partial charge in [0, 0.05) is 41.9 Å². The number of fused-ring (bicyclic) bond motifs is 1. The number of hydrogen-bond donors (Lipinski definition) is 1. The van der Waals surface area contributed by atoms with Gasteiger partial charge in [0.05, 0.1) is 6.20 Å². The number of rotatable bonds is 4. The van der Waals surface area contributed by atoms with Gasteiger partial charge in [0.25, 0.3) is 11.5 Å². The molecule has 0 bridgehead atoms. The van der Waals surface area contributed by atoms with E-state index in [9.17, 15) is 9.59 Å². The Kier molecular flexibility index (Phi) is 3.53. The summed E-state index contributed by atoms with van der Waals surface area (Å²) >= 11 is 1.41. The van der Waals surface area contributed by atoms with Crippen molar-refractivity contribution >= 4 is 22.2 Å². The molecule has 1 amide bonds. The summed E-state index contributed by atoms with van der Waals surface area (Å²) < 4.78 is 6.33. The van der Waals surface area contributed by atoms with Gasteiger partial charge in [0.2, 0.25) is 5.76 Å². The van der Waals surface area contributed by atoms with E-state index in [4.69, 9.17) is 4.52 Å². The first-order chi connectivity index (χ1) is 10.1. The number of aryl methyl sites for hydroxylation is 1. The Morgan fingerprint density at radius 1 is 1.52 bits per heavy atom. The van der Waals surface area contributed by atoms with Crippen LogP contribution in [0.15, 0.2) is 33.0 Å². The van der Waals surface area contributed by atoms with Crippen molar-refractivity contribution in [2.75, 3.05) is 6.54 Å². The molecule has 0 unspecified atom stereocenters. The van der Waals surface area contributed by atoms with E-state index in [2.05, 4.69) is 15.5 Å². The third-order valence-corrected chi connectivity index (χ3v) is 3.81. The van der Waals surface area contributed by atoms with Gasteiger partial charge in [-0.3, -0.25) is 14.0 Å². The standard InChI is InChI=1S/C13H12N4O3S/c1-8-6-11(18)17-9(7-21-13(17)16-8)2-4-14-12(19)10-3-5-15-20-10/h3,5-7H,2,4H2,1H3,(H,14,19). The highest BCUT2D eigenvalue weighted by Crippen LogP contribution is 2.12. The summed E-state index contributed by atoms with van der Waals surface area (Å²) in [6.07, 6.45) is 1.94. The van der Waals surface area contributed by atoms with E-state index >= 15 is 0 Å². The molecule has 8 heteroatoms. The molecule has 108 valence electrons. The fourth-order valence-electron chi connectivity index (χ4n) is 1.98. The summed E-state index contributed by atoms with van der Waals surface area (Å²) in [6, 6.07) is 2.99. The van der Waals surface area contributed by atoms with Crippen molar-refractivity contribution in [2.24, 2.45) is 0 Å². The Morgan fingerprint density at radius 3 is 3.14 bits per heavy atom. The minimum absolute atomic E-state index is 0.102. The monoisotopic (exact) mass is 304 g/mol. The second kappa shape index (κ2) is 5.49. The van der Waals surface area contributed by atoms with Crippen LogP contribution in [0.4, 0.5) is 0 Å². The van der Waals surface area contributed by atoms with Crippen molar-refractivity contribution in [3.63, 3.8) is 0 Å². The van der Waals surface area contributed by atoms with Crippen LogP contribution in [0, 0.1) is 6.92 Å². The van der Waals surface area contributed by atoms with E-state index in [-0.39, 0.29) is 17.2 Å². The summed E-state index contributed by atoms with van der Waals surface area (Å²) in [6.45, 7) is 2.18. The predicted molar refractivity (Wildman–Crippen MR) is 76.6 cm³/mol. The highest BCUT2D eigenvalue weighted by molar-refractivity contribution is 7.15. The fraction of sp³-hybridized carbons (Fsp3) is 0.231. The van der Waals surface area contributed by atoms with Crippen molar-refractivity contribution in [2.45, 2.75) is 13.3 Å². The van der Waals surface area contributed by atoms with Gasteiger partial charge in [-0.25, -0.2) is 4.98 Å². The normalized spacial score (nSPS) is 10.9. The van der Waals surface area contributed by atoms with E-state index in [1.165, 1.54) is 29.7 Å². The summed E-state index contributed by atoms with van der Waals surface area (Å²) in [5.74, 6) is -0.159. The molecule has 0 fully saturated rings. The molecular weight excluding hydrogens is 292 g/mol. The zero-order chi connectivity index (χ0) is 14.8. The molecule has 0 aromatic carbocycles. The van der Waals surface area contributed by atoms with E-state index in [0.29, 0.717) is 23.6 Å². The number of carbonyl (C=O) groups is 1. The molecule has 0 atom stereocenters. The molecule has 1 N–H and O–H groups in total. The van der Waals surface area contributed by atoms with Gasteiger partial charge < -0.3 is 9.84 Å². The van der Waals surface area contributed by atoms with Crippen molar-refractivity contribution in [1.29, 1.82) is 0 Å². The first-order valence-electron chi connectivity index (χ1n) is 6.31. The minimum atomic E-state index is -0.326. The summed E-state index contributed by atoms with van der Waals surface area (Å²) in [4.78, 5) is 28.6. The molecule has 3 aromatic rings. The average Bonchev–Trinajstić information content (AvgIpc) is 3.07. The number of thiazole rings is 1. The lowest BCUT2D eigenvalue weighted by molar-refractivity contribution is 0.0917. The first kappa shape index (κ1) is 13.5. The third-order valence-electron chi connectivity index (χ3n) is 2.93. The highest BCUT2D eigenvalue weighted by Gasteiger charge is 2.11. The Labute approximate surface area is 123 Å². The van der Waals surface area contributed by atoms with Crippen LogP contribution in [-0.2, 0) is 6.42 Å². The fourth-order valence-corrected chi connectivity index (χ4v) is 2.96. The van der Waals surface area contributed by atoms with Gasteiger partial charge in [0.15, 0.2) is 4.96 Å². The third kappa shape index (κ3) is 2.70. The highest BCUT2D eigenvalue weighted by atomic mass is 32.1. The van der Waals surface area contributed by atoms with E-state index in [1.807, 2.05) is 5.38 Å². The minimum Gasteiger partial charge on any atom is -0.351 e. The average molecular weight is 304 g/mol. The molecule has 21 heavy (non-hydrogen) atoms. The molecule has 3 heterocycles. The first-order valence-corrected chi connectivity index (χ1v) is 7.19. The van der Waals surface area contributed by atoms with Crippen molar-refractivity contribution in [3.05, 3.63) is 51.2 Å². The summed E-state index contributed by atoms with van der Waals surface area (Å²) in [5.41, 5.74) is 1.42. The van der Waals surface area contributed by atoms with Crippen LogP contribution >= 0.6 is 11.3 Å². The number of aromatic nitrogens is 3. The van der Waals surface area contributed by atoms with Gasteiger partial charge in [-0.15, -0.1) is 11.3 Å². The quantitative estimate of drug-likeness (QED) is 0.777. The zero-order valence-corrected chi connectivity index (χ0v) is 12.0. The van der Waals surface area contributed by atoms with E-state index < -0.39 is 0 Å². The molecule has 0 aliphatic carbocycles. The van der Waals surface area contributed by atoms with Crippen LogP contribution < -0.4 is 10.9 Å². The topological polar surface area (TPSA) is 89.5 Å². The summed E-state index contributed by atoms with van der Waals surface area (Å²) in [7, 11) is 0. The zero-order valence-electron chi connectivity index (χ0n) is 11.2. The number of carbonyl (C=O) groups excluding carboxylic acids is 1. The van der Waals surface area contributed by atoms with Crippen molar-refractivity contribution in [3.8, 4) is 0 Å². The molecule has 0 aliphatic heterocycles. The molecule has 0 spiro atoms. The van der Waals surface area contributed by atoms with Crippen LogP contribution in [-0.4, -0.2) is 27.0 Å². The van der Waals surface area contributed by atoms with Gasteiger partial charge >= 0.3 is 0 Å². The van der Waals surface area contributed by atoms with Crippen molar-refractivity contribution < 1.29 is 9.32 Å². The SMILES string of the molecule is Cc1cc(=O)n2c(CCNC(=O)c3ccno3)csc2n1. The Bertz CT molecular complexity index is 835. The largest absolute Gasteiger partial charge is 0.351 e. The Morgan fingerprint density at radius 2 is 2.38 bits per heavy atom. The lowest BCUT2D eigenvalue weighted by Crippen LogP contribution is -2.26. The van der Waals surface area contributed by atoms with Gasteiger partial charge in [-0.2, -0.15) is 0 Å². The van der Waals surface area contributed by atoms with Gasteiger partial charge in [0.1, 0.15) is 0 Å². The maximum atomic E-state index is 12.0. The lowest BCUT2D eigenvalue weighted by atomic mass is 10.3. The van der Waals surface area contributed by atoms with E-state index in [1.54, 1.807) is 11.3 Å². The second-order valence-corrected chi connectivity index (χ2v) is 5.30. The van der Waals surface area contributed by atoms with Crippen LogP contribution in [0.5, 0.6) is 0 Å². The van der Waals surface area contributed by atoms with Gasteiger partial charge in [-0.1, -0.05) is 5.16 Å². The molecule has 0 saturated heterocycles. The van der Waals surface area contributed by atoms with Crippen LogP contribution in [0.3, 0.4) is 0 Å².